The highest BCUT2D eigenvalue weighted by molar-refractivity contribution is 5.55. The lowest BCUT2D eigenvalue weighted by Gasteiger charge is -2.43. The van der Waals surface area contributed by atoms with Crippen LogP contribution in [0, 0.1) is 6.92 Å². The molecule has 1 unspecified atom stereocenters. The molecule has 0 aliphatic carbocycles. The van der Waals surface area contributed by atoms with Crippen molar-refractivity contribution in [1.29, 1.82) is 0 Å². The minimum atomic E-state index is 0.227. The Balaban J connectivity index is 2.04. The Morgan fingerprint density at radius 2 is 1.76 bits per heavy atom. The van der Waals surface area contributed by atoms with Crippen LogP contribution in [-0.4, -0.2) is 42.7 Å². The number of aryl methyl sites for hydroxylation is 1. The van der Waals surface area contributed by atoms with Crippen molar-refractivity contribution in [1.82, 2.24) is 4.90 Å². The van der Waals surface area contributed by atoms with Crippen molar-refractivity contribution in [3.8, 4) is 0 Å². The van der Waals surface area contributed by atoms with Gasteiger partial charge in [-0.1, -0.05) is 12.1 Å². The predicted octanol–water partition coefficient (Wildman–Crippen LogP) is 2.81. The lowest BCUT2D eigenvalue weighted by molar-refractivity contribution is 0.128. The molecule has 0 spiro atoms. The highest BCUT2D eigenvalue weighted by Crippen LogP contribution is 2.25. The Labute approximate surface area is 130 Å². The van der Waals surface area contributed by atoms with Crippen molar-refractivity contribution in [3.63, 3.8) is 0 Å². The van der Waals surface area contributed by atoms with Crippen LogP contribution in [0.25, 0.3) is 0 Å². The predicted molar refractivity (Wildman–Crippen MR) is 92.1 cm³/mol. The van der Waals surface area contributed by atoms with E-state index in [1.54, 1.807) is 0 Å². The summed E-state index contributed by atoms with van der Waals surface area (Å²) in [6.07, 6.45) is 0.957. The van der Waals surface area contributed by atoms with E-state index < -0.39 is 0 Å². The van der Waals surface area contributed by atoms with Gasteiger partial charge >= 0.3 is 0 Å². The Bertz CT molecular complexity index is 466. The second-order valence-electron chi connectivity index (χ2n) is 7.45. The first-order valence-electron chi connectivity index (χ1n) is 8.12. The minimum absolute atomic E-state index is 0.227. The third-order valence-electron chi connectivity index (χ3n) is 4.39. The van der Waals surface area contributed by atoms with Gasteiger partial charge in [0.05, 0.1) is 0 Å². The second-order valence-corrected chi connectivity index (χ2v) is 7.45. The van der Waals surface area contributed by atoms with E-state index in [0.29, 0.717) is 0 Å². The number of hydrogen-bond donors (Lipinski definition) is 1. The zero-order valence-electron chi connectivity index (χ0n) is 14.3. The van der Waals surface area contributed by atoms with Crippen LogP contribution in [-0.2, 0) is 6.42 Å². The molecule has 0 aromatic heterocycles. The number of anilines is 1. The first-order chi connectivity index (χ1) is 9.77. The Morgan fingerprint density at radius 3 is 2.24 bits per heavy atom. The summed E-state index contributed by atoms with van der Waals surface area (Å²) in [5.74, 6) is 0. The van der Waals surface area contributed by atoms with Gasteiger partial charge in [0.15, 0.2) is 0 Å². The summed E-state index contributed by atoms with van der Waals surface area (Å²) in [6, 6.07) is 7.04. The molecule has 1 heterocycles. The smallest absolute Gasteiger partial charge is 0.0397 e. The van der Waals surface area contributed by atoms with Crippen molar-refractivity contribution >= 4 is 5.69 Å². The zero-order valence-corrected chi connectivity index (χ0v) is 14.3. The van der Waals surface area contributed by atoms with Crippen molar-refractivity contribution in [2.75, 3.05) is 31.1 Å². The van der Waals surface area contributed by atoms with E-state index in [2.05, 4.69) is 62.6 Å². The van der Waals surface area contributed by atoms with Gasteiger partial charge < -0.3 is 10.6 Å². The molecule has 3 nitrogen and oxygen atoms in total. The summed E-state index contributed by atoms with van der Waals surface area (Å²) in [6.45, 7) is 15.7. The average molecular weight is 289 g/mol. The molecule has 1 saturated heterocycles. The Hall–Kier alpha value is -1.06. The highest BCUT2D eigenvalue weighted by Gasteiger charge is 2.26. The SMILES string of the molecule is Cc1cc(CC(C)N)ccc1N1CCN(C(C)(C)C)CC1. The molecule has 2 rings (SSSR count). The second kappa shape index (κ2) is 6.37. The van der Waals surface area contributed by atoms with Crippen LogP contribution in [0.15, 0.2) is 18.2 Å². The summed E-state index contributed by atoms with van der Waals surface area (Å²) >= 11 is 0. The number of hydrogen-bond acceptors (Lipinski definition) is 3. The van der Waals surface area contributed by atoms with Crippen LogP contribution in [0.1, 0.15) is 38.8 Å². The van der Waals surface area contributed by atoms with E-state index in [0.717, 1.165) is 32.6 Å². The van der Waals surface area contributed by atoms with Gasteiger partial charge in [-0.15, -0.1) is 0 Å². The lowest BCUT2D eigenvalue weighted by Crippen LogP contribution is -2.53. The molecule has 2 N–H and O–H groups in total. The molecule has 3 heteroatoms. The maximum Gasteiger partial charge on any atom is 0.0397 e. The molecule has 1 aliphatic heterocycles. The van der Waals surface area contributed by atoms with E-state index in [1.165, 1.54) is 16.8 Å². The first kappa shape index (κ1) is 16.3. The molecule has 1 aliphatic rings. The zero-order chi connectivity index (χ0) is 15.6. The Kier molecular flexibility index (Phi) is 4.95. The molecule has 0 saturated carbocycles. The van der Waals surface area contributed by atoms with Gasteiger partial charge in [-0.3, -0.25) is 4.90 Å². The van der Waals surface area contributed by atoms with Gasteiger partial charge in [-0.25, -0.2) is 0 Å². The quantitative estimate of drug-likeness (QED) is 0.929. The first-order valence-corrected chi connectivity index (χ1v) is 8.12. The third kappa shape index (κ3) is 4.21. The topological polar surface area (TPSA) is 32.5 Å². The fraction of sp³-hybridized carbons (Fsp3) is 0.667. The number of benzene rings is 1. The number of nitrogens with zero attached hydrogens (tertiary/aromatic N) is 2. The van der Waals surface area contributed by atoms with E-state index in [4.69, 9.17) is 5.73 Å². The molecule has 1 atom stereocenters. The van der Waals surface area contributed by atoms with Crippen LogP contribution < -0.4 is 10.6 Å². The summed E-state index contributed by atoms with van der Waals surface area (Å²) in [7, 11) is 0. The van der Waals surface area contributed by atoms with Gasteiger partial charge in [0.2, 0.25) is 0 Å². The maximum atomic E-state index is 5.90. The minimum Gasteiger partial charge on any atom is -0.369 e. The van der Waals surface area contributed by atoms with E-state index in [1.807, 2.05) is 0 Å². The number of rotatable bonds is 3. The van der Waals surface area contributed by atoms with Crippen LogP contribution in [0.3, 0.4) is 0 Å². The van der Waals surface area contributed by atoms with Gasteiger partial charge in [0.1, 0.15) is 0 Å². The summed E-state index contributed by atoms with van der Waals surface area (Å²) in [5, 5.41) is 0. The molecule has 0 amide bonds. The van der Waals surface area contributed by atoms with Crippen molar-refractivity contribution in [2.45, 2.75) is 52.6 Å². The molecular weight excluding hydrogens is 258 g/mol. The van der Waals surface area contributed by atoms with Crippen LogP contribution in [0.4, 0.5) is 5.69 Å². The third-order valence-corrected chi connectivity index (χ3v) is 4.39. The average Bonchev–Trinajstić information content (AvgIpc) is 2.37. The fourth-order valence-electron chi connectivity index (χ4n) is 3.19. The molecule has 1 fully saturated rings. The maximum absolute atomic E-state index is 5.90. The van der Waals surface area contributed by atoms with Crippen LogP contribution in [0.2, 0.25) is 0 Å². The Morgan fingerprint density at radius 1 is 1.14 bits per heavy atom. The monoisotopic (exact) mass is 289 g/mol. The van der Waals surface area contributed by atoms with Gasteiger partial charge in [-0.2, -0.15) is 0 Å². The lowest BCUT2D eigenvalue weighted by atomic mass is 10.0. The van der Waals surface area contributed by atoms with Crippen LogP contribution >= 0.6 is 0 Å². The largest absolute Gasteiger partial charge is 0.369 e. The van der Waals surface area contributed by atoms with Crippen LogP contribution in [0.5, 0.6) is 0 Å². The molecular formula is C18H31N3. The molecule has 1 aromatic carbocycles. The van der Waals surface area contributed by atoms with Gasteiger partial charge in [0.25, 0.3) is 0 Å². The molecule has 118 valence electrons. The van der Waals surface area contributed by atoms with E-state index in [9.17, 15) is 0 Å². The molecule has 0 radical (unpaired) electrons. The standard InChI is InChI=1S/C18H31N3/c1-14-12-16(13-15(2)19)6-7-17(14)20-8-10-21(11-9-20)18(3,4)5/h6-7,12,15H,8-11,13,19H2,1-5H3. The normalized spacial score (nSPS) is 18.9. The fourth-order valence-corrected chi connectivity index (χ4v) is 3.19. The van der Waals surface area contributed by atoms with E-state index >= 15 is 0 Å². The van der Waals surface area contributed by atoms with E-state index in [-0.39, 0.29) is 11.6 Å². The van der Waals surface area contributed by atoms with Crippen molar-refractivity contribution in [3.05, 3.63) is 29.3 Å². The molecule has 1 aromatic rings. The summed E-state index contributed by atoms with van der Waals surface area (Å²) in [4.78, 5) is 5.09. The molecule has 21 heavy (non-hydrogen) atoms. The van der Waals surface area contributed by atoms with Gasteiger partial charge in [-0.05, 0) is 58.2 Å². The molecule has 0 bridgehead atoms. The van der Waals surface area contributed by atoms with Crippen molar-refractivity contribution in [2.24, 2.45) is 5.73 Å². The summed E-state index contributed by atoms with van der Waals surface area (Å²) in [5.41, 5.74) is 10.3. The number of piperazine rings is 1. The number of nitrogens with two attached hydrogens (primary N) is 1. The van der Waals surface area contributed by atoms with Crippen molar-refractivity contribution < 1.29 is 0 Å². The van der Waals surface area contributed by atoms with Gasteiger partial charge in [0, 0.05) is 43.4 Å². The summed E-state index contributed by atoms with van der Waals surface area (Å²) < 4.78 is 0. The highest BCUT2D eigenvalue weighted by atomic mass is 15.3.